The second-order valence-corrected chi connectivity index (χ2v) is 5.73. The maximum absolute atomic E-state index is 12.5. The molecule has 1 aromatic heterocycles. The van der Waals surface area contributed by atoms with Crippen molar-refractivity contribution in [2.24, 2.45) is 22.2 Å². The Hall–Kier alpha value is -3.80. The average molecular weight is 390 g/mol. The number of benzene rings is 1. The van der Waals surface area contributed by atoms with Crippen molar-refractivity contribution in [3.8, 4) is 0 Å². The molecule has 2 amide bonds. The van der Waals surface area contributed by atoms with Gasteiger partial charge < -0.3 is 21.6 Å². The topological polar surface area (TPSA) is 201 Å². The molecule has 0 saturated heterocycles. The Morgan fingerprint density at radius 1 is 1.29 bits per heavy atom. The Kier molecular flexibility index (Phi) is 6.39. The summed E-state index contributed by atoms with van der Waals surface area (Å²) in [6.07, 6.45) is 0.238. The van der Waals surface area contributed by atoms with Crippen molar-refractivity contribution in [2.75, 3.05) is 6.54 Å². The highest BCUT2D eigenvalue weighted by Crippen LogP contribution is 2.14. The van der Waals surface area contributed by atoms with Crippen LogP contribution >= 0.6 is 0 Å². The van der Waals surface area contributed by atoms with Gasteiger partial charge in [0.15, 0.2) is 11.0 Å². The highest BCUT2D eigenvalue weighted by Gasteiger charge is 2.38. The summed E-state index contributed by atoms with van der Waals surface area (Å²) in [5.41, 5.74) is 14.4. The van der Waals surface area contributed by atoms with E-state index >= 15 is 0 Å². The number of para-hydroxylation sites is 1. The van der Waals surface area contributed by atoms with Crippen LogP contribution in [0.1, 0.15) is 23.2 Å². The van der Waals surface area contributed by atoms with E-state index in [0.717, 1.165) is 6.07 Å². The summed E-state index contributed by atoms with van der Waals surface area (Å²) >= 11 is 0. The normalized spacial score (nSPS) is 11.6. The van der Waals surface area contributed by atoms with Crippen molar-refractivity contribution in [3.63, 3.8) is 0 Å². The molecule has 12 nitrogen and oxygen atoms in total. The first-order valence-corrected chi connectivity index (χ1v) is 8.09. The molecule has 0 aliphatic heterocycles. The minimum Gasteiger partial charge on any atom is -0.422 e. The standard InChI is InChI=1S/C16H18N6O6/c17-11(5-3-7-20-16(18)19)14(24)21(22(26)27)13(23)10-8-9-4-1-2-6-12(9)28-15(10)25/h1-2,4,6,8,11H,3,5,7,17H2,(H4,18,19,20)/t11-/m0/s1. The van der Waals surface area contributed by atoms with Gasteiger partial charge in [-0.15, -0.1) is 0 Å². The summed E-state index contributed by atoms with van der Waals surface area (Å²) < 4.78 is 4.98. The number of imide groups is 1. The van der Waals surface area contributed by atoms with Crippen LogP contribution in [0.25, 0.3) is 11.0 Å². The first-order valence-electron chi connectivity index (χ1n) is 8.09. The lowest BCUT2D eigenvalue weighted by Crippen LogP contribution is -2.50. The Labute approximate surface area is 157 Å². The number of hydrogen-bond acceptors (Lipinski definition) is 8. The summed E-state index contributed by atoms with van der Waals surface area (Å²) in [5, 5.41) is 10.2. The van der Waals surface area contributed by atoms with Crippen LogP contribution in [-0.2, 0) is 4.79 Å². The first-order chi connectivity index (χ1) is 13.2. The van der Waals surface area contributed by atoms with E-state index in [1.165, 1.54) is 6.07 Å². The molecule has 0 spiro atoms. The average Bonchev–Trinajstić information content (AvgIpc) is 2.63. The van der Waals surface area contributed by atoms with Crippen LogP contribution in [0.5, 0.6) is 0 Å². The van der Waals surface area contributed by atoms with Crippen molar-refractivity contribution in [1.29, 1.82) is 0 Å². The van der Waals surface area contributed by atoms with E-state index in [4.69, 9.17) is 21.6 Å². The number of rotatable bonds is 7. The van der Waals surface area contributed by atoms with Crippen molar-refractivity contribution in [1.82, 2.24) is 5.01 Å². The fourth-order valence-electron chi connectivity index (χ4n) is 2.38. The fourth-order valence-corrected chi connectivity index (χ4v) is 2.38. The zero-order valence-corrected chi connectivity index (χ0v) is 14.6. The van der Waals surface area contributed by atoms with Crippen molar-refractivity contribution in [2.45, 2.75) is 18.9 Å². The van der Waals surface area contributed by atoms with Gasteiger partial charge in [-0.2, -0.15) is 0 Å². The summed E-state index contributed by atoms with van der Waals surface area (Å²) in [6, 6.07) is 6.03. The zero-order valence-electron chi connectivity index (χ0n) is 14.6. The maximum atomic E-state index is 12.5. The molecule has 12 heteroatoms. The van der Waals surface area contributed by atoms with Crippen LogP contribution in [-0.4, -0.2) is 40.4 Å². The molecule has 0 aliphatic rings. The van der Waals surface area contributed by atoms with E-state index < -0.39 is 34.1 Å². The summed E-state index contributed by atoms with van der Waals surface area (Å²) in [6.45, 7) is 0.157. The van der Waals surface area contributed by atoms with Crippen LogP contribution in [0.4, 0.5) is 0 Å². The van der Waals surface area contributed by atoms with Gasteiger partial charge in [0, 0.05) is 16.9 Å². The van der Waals surface area contributed by atoms with Crippen LogP contribution in [0, 0.1) is 10.1 Å². The second kappa shape index (κ2) is 8.73. The number of hydrogen-bond donors (Lipinski definition) is 3. The Bertz CT molecular complexity index is 997. The molecule has 0 radical (unpaired) electrons. The lowest BCUT2D eigenvalue weighted by molar-refractivity contribution is -0.612. The van der Waals surface area contributed by atoms with Crippen LogP contribution in [0.2, 0.25) is 0 Å². The van der Waals surface area contributed by atoms with Gasteiger partial charge in [-0.1, -0.05) is 18.2 Å². The first kappa shape index (κ1) is 20.5. The number of aliphatic imine (C=N–C) groups is 1. The van der Waals surface area contributed by atoms with Crippen LogP contribution in [0.3, 0.4) is 0 Å². The number of fused-ring (bicyclic) bond motifs is 1. The molecule has 2 aromatic rings. The predicted octanol–water partition coefficient (Wildman–Crippen LogP) is -0.666. The highest BCUT2D eigenvalue weighted by atomic mass is 16.7. The van der Waals surface area contributed by atoms with Crippen molar-refractivity contribution in [3.05, 3.63) is 56.4 Å². The Morgan fingerprint density at radius 3 is 2.61 bits per heavy atom. The lowest BCUT2D eigenvalue weighted by atomic mass is 10.1. The molecule has 148 valence electrons. The number of hydrazine groups is 1. The number of guanidine groups is 1. The van der Waals surface area contributed by atoms with Crippen molar-refractivity contribution >= 4 is 28.7 Å². The number of nitro groups is 1. The second-order valence-electron chi connectivity index (χ2n) is 5.73. The molecule has 6 N–H and O–H groups in total. The molecule has 28 heavy (non-hydrogen) atoms. The number of nitrogens with two attached hydrogens (primary N) is 3. The predicted molar refractivity (Wildman–Crippen MR) is 98.5 cm³/mol. The molecule has 1 aromatic carbocycles. The van der Waals surface area contributed by atoms with Gasteiger partial charge in [-0.3, -0.25) is 14.6 Å². The van der Waals surface area contributed by atoms with Gasteiger partial charge in [0.1, 0.15) is 11.1 Å². The third kappa shape index (κ3) is 4.67. The van der Waals surface area contributed by atoms with E-state index in [2.05, 4.69) is 4.99 Å². The van der Waals surface area contributed by atoms with Crippen molar-refractivity contribution < 1.29 is 19.0 Å². The zero-order chi connectivity index (χ0) is 20.8. The number of amides is 2. The molecule has 1 atom stereocenters. The molecule has 2 rings (SSSR count). The molecule has 0 aliphatic carbocycles. The molecule has 0 saturated carbocycles. The molecular weight excluding hydrogens is 372 g/mol. The molecular formula is C16H18N6O6. The lowest BCUT2D eigenvalue weighted by Gasteiger charge is -2.15. The summed E-state index contributed by atoms with van der Waals surface area (Å²) in [4.78, 5) is 51.9. The minimum absolute atomic E-state index is 0.0143. The summed E-state index contributed by atoms with van der Waals surface area (Å²) in [5.74, 6) is -2.86. The van der Waals surface area contributed by atoms with Gasteiger partial charge in [-0.25, -0.2) is 14.9 Å². The maximum Gasteiger partial charge on any atom is 0.349 e. The van der Waals surface area contributed by atoms with Gasteiger partial charge in [0.05, 0.1) is 6.04 Å². The fraction of sp³-hybridized carbons (Fsp3) is 0.250. The van der Waals surface area contributed by atoms with E-state index in [1.807, 2.05) is 0 Å². The van der Waals surface area contributed by atoms with E-state index in [9.17, 15) is 24.5 Å². The summed E-state index contributed by atoms with van der Waals surface area (Å²) in [7, 11) is 0. The molecule has 0 fully saturated rings. The molecule has 1 heterocycles. The number of carbonyl (C=O) groups is 2. The largest absolute Gasteiger partial charge is 0.422 e. The SMILES string of the molecule is NC(N)=NCCC[C@H](N)C(=O)N(C(=O)c1cc2ccccc2oc1=O)[N+](=O)[O-]. The van der Waals surface area contributed by atoms with Gasteiger partial charge >= 0.3 is 17.4 Å². The van der Waals surface area contributed by atoms with Gasteiger partial charge in [0.25, 0.3) is 0 Å². The third-order valence-corrected chi connectivity index (χ3v) is 3.72. The van der Waals surface area contributed by atoms with E-state index in [-0.39, 0.29) is 35.9 Å². The van der Waals surface area contributed by atoms with Gasteiger partial charge in [0.2, 0.25) is 0 Å². The Morgan fingerprint density at radius 2 is 1.96 bits per heavy atom. The monoisotopic (exact) mass is 390 g/mol. The molecule has 0 unspecified atom stereocenters. The molecule has 0 bridgehead atoms. The van der Waals surface area contributed by atoms with Crippen LogP contribution < -0.4 is 22.8 Å². The van der Waals surface area contributed by atoms with Crippen LogP contribution in [0.15, 0.2) is 44.5 Å². The van der Waals surface area contributed by atoms with E-state index in [0.29, 0.717) is 5.39 Å². The minimum atomic E-state index is -1.44. The smallest absolute Gasteiger partial charge is 0.349 e. The quantitative estimate of drug-likeness (QED) is 0.137. The highest BCUT2D eigenvalue weighted by molar-refractivity contribution is 6.05. The van der Waals surface area contributed by atoms with Gasteiger partial charge in [-0.05, 0) is 25.0 Å². The third-order valence-electron chi connectivity index (χ3n) is 3.72. The Balaban J connectivity index is 2.25. The van der Waals surface area contributed by atoms with E-state index in [1.54, 1.807) is 18.2 Å². The number of carbonyl (C=O) groups excluding carboxylic acids is 2. The number of nitrogens with zero attached hydrogens (tertiary/aromatic N) is 3.